The molecule has 34 heavy (non-hydrogen) atoms. The number of rotatable bonds is 4. The molecule has 4 nitrogen and oxygen atoms in total. The van der Waals surface area contributed by atoms with E-state index in [2.05, 4.69) is 97.6 Å². The minimum atomic E-state index is -0.396. The second-order valence-electron chi connectivity index (χ2n) is 9.35. The second-order valence-corrected chi connectivity index (χ2v) is 9.35. The highest BCUT2D eigenvalue weighted by Crippen LogP contribution is 2.41. The van der Waals surface area contributed by atoms with Crippen LogP contribution in [0.1, 0.15) is 20.8 Å². The van der Waals surface area contributed by atoms with Gasteiger partial charge in [-0.15, -0.1) is 0 Å². The number of anilines is 3. The van der Waals surface area contributed by atoms with Crippen molar-refractivity contribution < 1.29 is 13.7 Å². The molecule has 0 saturated carbocycles. The van der Waals surface area contributed by atoms with Gasteiger partial charge >= 0.3 is 7.12 Å². The zero-order chi connectivity index (χ0) is 23.3. The van der Waals surface area contributed by atoms with Crippen molar-refractivity contribution in [2.75, 3.05) is 4.90 Å². The molecule has 1 unspecified atom stereocenters. The highest BCUT2D eigenvalue weighted by molar-refractivity contribution is 6.62. The summed E-state index contributed by atoms with van der Waals surface area (Å²) in [6.07, 6.45) is 0.0146. The first-order valence-corrected chi connectivity index (χ1v) is 11.7. The monoisotopic (exact) mass is 447 g/mol. The van der Waals surface area contributed by atoms with E-state index in [0.717, 1.165) is 44.5 Å². The Balaban J connectivity index is 1.50. The Kier molecular flexibility index (Phi) is 4.98. The SMILES string of the molecule is CC1OB(c2ccc3c(c2)oc2c(N(c4ccccc4)c4ccccc4)cccc23)OC1(C)C. The average Bonchev–Trinajstić information content (AvgIpc) is 3.37. The maximum atomic E-state index is 6.53. The summed E-state index contributed by atoms with van der Waals surface area (Å²) in [6, 6.07) is 33.3. The van der Waals surface area contributed by atoms with Gasteiger partial charge in [-0.05, 0) is 62.6 Å². The van der Waals surface area contributed by atoms with E-state index >= 15 is 0 Å². The van der Waals surface area contributed by atoms with Gasteiger partial charge < -0.3 is 18.6 Å². The summed E-state index contributed by atoms with van der Waals surface area (Å²) >= 11 is 0. The van der Waals surface area contributed by atoms with Gasteiger partial charge in [0.15, 0.2) is 5.58 Å². The predicted octanol–water partition coefficient (Wildman–Crippen LogP) is 6.96. The molecule has 1 saturated heterocycles. The minimum Gasteiger partial charge on any atom is -0.454 e. The Morgan fingerprint density at radius 1 is 0.765 bits per heavy atom. The lowest BCUT2D eigenvalue weighted by Crippen LogP contribution is -2.34. The van der Waals surface area contributed by atoms with Crippen LogP contribution >= 0.6 is 0 Å². The summed E-state index contributed by atoms with van der Waals surface area (Å²) in [4.78, 5) is 2.24. The molecule has 5 heteroatoms. The Hall–Kier alpha value is -3.54. The van der Waals surface area contributed by atoms with Crippen molar-refractivity contribution in [2.45, 2.75) is 32.5 Å². The van der Waals surface area contributed by atoms with Gasteiger partial charge in [-0.25, -0.2) is 0 Å². The van der Waals surface area contributed by atoms with Gasteiger partial charge in [-0.3, -0.25) is 0 Å². The molecule has 0 aliphatic carbocycles. The third-order valence-corrected chi connectivity index (χ3v) is 6.76. The van der Waals surface area contributed by atoms with E-state index in [1.165, 1.54) is 0 Å². The van der Waals surface area contributed by atoms with Gasteiger partial charge in [0.05, 0.1) is 17.4 Å². The number of fused-ring (bicyclic) bond motifs is 3. The van der Waals surface area contributed by atoms with Crippen LogP contribution in [0.15, 0.2) is 101 Å². The first-order chi connectivity index (χ1) is 16.5. The fraction of sp³-hybridized carbons (Fsp3) is 0.172. The molecule has 0 radical (unpaired) electrons. The van der Waals surface area contributed by atoms with Gasteiger partial charge in [-0.1, -0.05) is 60.7 Å². The normalized spacial score (nSPS) is 17.5. The molecule has 1 aliphatic heterocycles. The number of hydrogen-bond donors (Lipinski definition) is 0. The lowest BCUT2D eigenvalue weighted by molar-refractivity contribution is 0.0842. The summed E-state index contributed by atoms with van der Waals surface area (Å²) < 4.78 is 18.8. The topological polar surface area (TPSA) is 34.8 Å². The summed E-state index contributed by atoms with van der Waals surface area (Å²) in [5, 5.41) is 2.16. The summed E-state index contributed by atoms with van der Waals surface area (Å²) in [5.74, 6) is 0. The van der Waals surface area contributed by atoms with E-state index in [4.69, 9.17) is 13.7 Å². The van der Waals surface area contributed by atoms with Crippen LogP contribution in [-0.4, -0.2) is 18.8 Å². The van der Waals surface area contributed by atoms with E-state index in [1.807, 2.05) is 25.1 Å². The molecule has 5 aromatic rings. The van der Waals surface area contributed by atoms with Crippen LogP contribution < -0.4 is 10.4 Å². The fourth-order valence-electron chi connectivity index (χ4n) is 4.60. The molecule has 168 valence electrons. The van der Waals surface area contributed by atoms with Crippen molar-refractivity contribution in [3.05, 3.63) is 97.1 Å². The molecule has 2 heterocycles. The molecule has 1 aliphatic rings. The van der Waals surface area contributed by atoms with E-state index in [0.29, 0.717) is 0 Å². The van der Waals surface area contributed by atoms with E-state index < -0.39 is 7.12 Å². The first-order valence-electron chi connectivity index (χ1n) is 11.7. The average molecular weight is 447 g/mol. The van der Waals surface area contributed by atoms with Crippen LogP contribution in [0, 0.1) is 0 Å². The van der Waals surface area contributed by atoms with Crippen LogP contribution in [0.5, 0.6) is 0 Å². The molecule has 0 spiro atoms. The maximum Gasteiger partial charge on any atom is 0.494 e. The van der Waals surface area contributed by atoms with Crippen LogP contribution in [-0.2, 0) is 9.31 Å². The lowest BCUT2D eigenvalue weighted by atomic mass is 9.79. The minimum absolute atomic E-state index is 0.0146. The molecule has 6 rings (SSSR count). The Morgan fingerprint density at radius 3 is 2.06 bits per heavy atom. The van der Waals surface area contributed by atoms with Gasteiger partial charge in [0.2, 0.25) is 0 Å². The third-order valence-electron chi connectivity index (χ3n) is 6.76. The number of para-hydroxylation sites is 3. The van der Waals surface area contributed by atoms with Gasteiger partial charge in [0, 0.05) is 22.1 Å². The van der Waals surface area contributed by atoms with Crippen LogP contribution in [0.2, 0.25) is 0 Å². The largest absolute Gasteiger partial charge is 0.494 e. The van der Waals surface area contributed by atoms with Crippen molar-refractivity contribution >= 4 is 51.6 Å². The van der Waals surface area contributed by atoms with Crippen LogP contribution in [0.4, 0.5) is 17.1 Å². The molecule has 1 aromatic heterocycles. The quantitative estimate of drug-likeness (QED) is 0.279. The molecule has 0 bridgehead atoms. The van der Waals surface area contributed by atoms with E-state index in [-0.39, 0.29) is 11.7 Å². The first kappa shape index (κ1) is 21.0. The molecule has 1 fully saturated rings. The fourth-order valence-corrected chi connectivity index (χ4v) is 4.60. The van der Waals surface area contributed by atoms with Crippen molar-refractivity contribution in [1.29, 1.82) is 0 Å². The van der Waals surface area contributed by atoms with Gasteiger partial charge in [-0.2, -0.15) is 0 Å². The van der Waals surface area contributed by atoms with Crippen LogP contribution in [0.25, 0.3) is 21.9 Å². The van der Waals surface area contributed by atoms with Gasteiger partial charge in [0.25, 0.3) is 0 Å². The predicted molar refractivity (Wildman–Crippen MR) is 140 cm³/mol. The zero-order valence-electron chi connectivity index (χ0n) is 19.6. The second kappa shape index (κ2) is 8.05. The molecule has 0 amide bonds. The summed E-state index contributed by atoms with van der Waals surface area (Å²) in [7, 11) is -0.396. The van der Waals surface area contributed by atoms with Crippen molar-refractivity contribution in [3.63, 3.8) is 0 Å². The molecular formula is C29H26BNO3. The van der Waals surface area contributed by atoms with Crippen molar-refractivity contribution in [3.8, 4) is 0 Å². The third kappa shape index (κ3) is 3.49. The standard InChI is InChI=1S/C29H26BNO3/c1-20-29(2,3)34-30(33-20)21-17-18-24-25-15-10-16-26(28(25)32-27(24)19-21)31(22-11-6-4-7-12-22)23-13-8-5-9-14-23/h4-20H,1-3H3. The summed E-state index contributed by atoms with van der Waals surface area (Å²) in [5.41, 5.74) is 5.46. The van der Waals surface area contributed by atoms with Crippen molar-refractivity contribution in [1.82, 2.24) is 0 Å². The van der Waals surface area contributed by atoms with Crippen LogP contribution in [0.3, 0.4) is 0 Å². The van der Waals surface area contributed by atoms with Crippen molar-refractivity contribution in [2.24, 2.45) is 0 Å². The Labute approximate surface area is 199 Å². The zero-order valence-corrected chi connectivity index (χ0v) is 19.6. The molecule has 1 atom stereocenters. The Morgan fingerprint density at radius 2 is 1.44 bits per heavy atom. The van der Waals surface area contributed by atoms with E-state index in [1.54, 1.807) is 0 Å². The molecule has 4 aromatic carbocycles. The number of nitrogens with zero attached hydrogens (tertiary/aromatic N) is 1. The molecular weight excluding hydrogens is 421 g/mol. The smallest absolute Gasteiger partial charge is 0.454 e. The maximum absolute atomic E-state index is 6.53. The number of hydrogen-bond acceptors (Lipinski definition) is 4. The number of furan rings is 1. The summed E-state index contributed by atoms with van der Waals surface area (Å²) in [6.45, 7) is 6.17. The molecule has 0 N–H and O–H groups in total. The van der Waals surface area contributed by atoms with E-state index in [9.17, 15) is 0 Å². The number of benzene rings is 4. The highest BCUT2D eigenvalue weighted by Gasteiger charge is 2.44. The lowest BCUT2D eigenvalue weighted by Gasteiger charge is -2.25. The Bertz CT molecular complexity index is 1420. The van der Waals surface area contributed by atoms with Gasteiger partial charge in [0.1, 0.15) is 5.58 Å². The highest BCUT2D eigenvalue weighted by atomic mass is 16.7.